The number of carbonyl (C=O) groups excluding carboxylic acids is 2. The van der Waals surface area contributed by atoms with E-state index >= 15 is 0 Å². The van der Waals surface area contributed by atoms with E-state index in [4.69, 9.17) is 0 Å². The zero-order valence-electron chi connectivity index (χ0n) is 11.4. The third-order valence-corrected chi connectivity index (χ3v) is 2.92. The molecule has 0 radical (unpaired) electrons. The fourth-order valence-electron chi connectivity index (χ4n) is 2.32. The zero-order chi connectivity index (χ0) is 14.2. The Balaban J connectivity index is 2.12. The van der Waals surface area contributed by atoms with Gasteiger partial charge in [0.2, 0.25) is 0 Å². The van der Waals surface area contributed by atoms with Crippen molar-refractivity contribution in [2.75, 3.05) is 20.3 Å². The van der Waals surface area contributed by atoms with Crippen LogP contribution in [-0.4, -0.2) is 52.6 Å². The van der Waals surface area contributed by atoms with Crippen LogP contribution in [0.5, 0.6) is 0 Å². The molecule has 1 aromatic rings. The predicted molar refractivity (Wildman–Crippen MR) is 70.7 cm³/mol. The fraction of sp³-hybridized carbons (Fsp3) is 0.429. The second-order valence-electron chi connectivity index (χ2n) is 5.55. The summed E-state index contributed by atoms with van der Waals surface area (Å²) in [7, 11) is 1.77. The van der Waals surface area contributed by atoms with E-state index in [1.54, 1.807) is 50.1 Å². The Morgan fingerprint density at radius 3 is 2.05 bits per heavy atom. The molecule has 5 nitrogen and oxygen atoms in total. The summed E-state index contributed by atoms with van der Waals surface area (Å²) in [6.45, 7) is 3.93. The van der Waals surface area contributed by atoms with Crippen molar-refractivity contribution in [3.05, 3.63) is 35.4 Å². The highest BCUT2D eigenvalue weighted by Gasteiger charge is 2.35. The molecule has 0 saturated carbocycles. The van der Waals surface area contributed by atoms with E-state index in [-0.39, 0.29) is 18.5 Å². The summed E-state index contributed by atoms with van der Waals surface area (Å²) < 4.78 is 0. The summed E-state index contributed by atoms with van der Waals surface area (Å²) in [6, 6.07) is 6.80. The molecular weight excluding hydrogens is 244 g/mol. The van der Waals surface area contributed by atoms with Gasteiger partial charge in [0.05, 0.1) is 23.4 Å². The largest absolute Gasteiger partial charge is 0.389 e. The lowest BCUT2D eigenvalue weighted by Gasteiger charge is -2.28. The van der Waals surface area contributed by atoms with Crippen molar-refractivity contribution in [3.63, 3.8) is 0 Å². The number of rotatable bonds is 4. The summed E-state index contributed by atoms with van der Waals surface area (Å²) in [5, 5.41) is 9.74. The van der Waals surface area contributed by atoms with Crippen LogP contribution in [0.2, 0.25) is 0 Å². The number of benzene rings is 1. The van der Waals surface area contributed by atoms with E-state index in [0.717, 1.165) is 0 Å². The van der Waals surface area contributed by atoms with Crippen LogP contribution < -0.4 is 0 Å². The minimum atomic E-state index is -0.868. The fourth-order valence-corrected chi connectivity index (χ4v) is 2.32. The first-order valence-electron chi connectivity index (χ1n) is 6.16. The van der Waals surface area contributed by atoms with Gasteiger partial charge in [-0.1, -0.05) is 12.1 Å². The van der Waals surface area contributed by atoms with Crippen molar-refractivity contribution in [2.24, 2.45) is 0 Å². The Hall–Kier alpha value is -1.72. The van der Waals surface area contributed by atoms with Crippen molar-refractivity contribution in [1.82, 2.24) is 9.80 Å². The van der Waals surface area contributed by atoms with Crippen LogP contribution in [0.3, 0.4) is 0 Å². The van der Waals surface area contributed by atoms with Crippen LogP contribution in [0.25, 0.3) is 0 Å². The molecule has 1 N–H and O–H groups in total. The first-order chi connectivity index (χ1) is 8.79. The summed E-state index contributed by atoms with van der Waals surface area (Å²) in [5.41, 5.74) is 0.0290. The monoisotopic (exact) mass is 262 g/mol. The van der Waals surface area contributed by atoms with Crippen LogP contribution in [0, 0.1) is 0 Å². The number of likely N-dealkylation sites (N-methyl/N-ethyl adjacent to an activating group) is 1. The standard InChI is InChI=1S/C14H18N2O3/c1-14(2,19)8-15(3)9-16-12(17)10-6-4-5-7-11(10)13(16)18/h4-7,19H,8-9H2,1-3H3. The third-order valence-electron chi connectivity index (χ3n) is 2.92. The molecule has 0 aliphatic carbocycles. The lowest BCUT2D eigenvalue weighted by molar-refractivity contribution is 0.0240. The summed E-state index contributed by atoms with van der Waals surface area (Å²) in [5.74, 6) is -0.550. The van der Waals surface area contributed by atoms with E-state index in [9.17, 15) is 14.7 Å². The number of imide groups is 1. The molecule has 0 fully saturated rings. The van der Waals surface area contributed by atoms with Gasteiger partial charge in [-0.3, -0.25) is 19.4 Å². The topological polar surface area (TPSA) is 60.9 Å². The van der Waals surface area contributed by atoms with E-state index in [1.165, 1.54) is 4.90 Å². The molecule has 0 saturated heterocycles. The quantitative estimate of drug-likeness (QED) is 0.820. The molecule has 0 aromatic heterocycles. The molecule has 0 atom stereocenters. The lowest BCUT2D eigenvalue weighted by atomic mass is 10.1. The minimum Gasteiger partial charge on any atom is -0.389 e. The maximum absolute atomic E-state index is 12.1. The Morgan fingerprint density at radius 1 is 1.16 bits per heavy atom. The van der Waals surface area contributed by atoms with Gasteiger partial charge in [0.15, 0.2) is 0 Å². The molecule has 19 heavy (non-hydrogen) atoms. The van der Waals surface area contributed by atoms with Crippen molar-refractivity contribution in [2.45, 2.75) is 19.4 Å². The molecule has 2 amide bonds. The highest BCUT2D eigenvalue weighted by Crippen LogP contribution is 2.22. The van der Waals surface area contributed by atoms with Crippen LogP contribution in [0.1, 0.15) is 34.6 Å². The molecule has 0 spiro atoms. The molecule has 1 aromatic carbocycles. The predicted octanol–water partition coefficient (Wildman–Crippen LogP) is 0.943. The van der Waals surface area contributed by atoms with Gasteiger partial charge in [0.1, 0.15) is 0 Å². The Bertz CT molecular complexity index is 485. The Kier molecular flexibility index (Phi) is 3.43. The SMILES string of the molecule is CN(CN1C(=O)c2ccccc2C1=O)CC(C)(C)O. The van der Waals surface area contributed by atoms with Crippen LogP contribution in [0.4, 0.5) is 0 Å². The average molecular weight is 262 g/mol. The number of carbonyl (C=O) groups is 2. The molecule has 1 aliphatic rings. The van der Waals surface area contributed by atoms with Crippen LogP contribution in [0.15, 0.2) is 24.3 Å². The summed E-state index contributed by atoms with van der Waals surface area (Å²) in [6.07, 6.45) is 0. The van der Waals surface area contributed by atoms with E-state index in [2.05, 4.69) is 0 Å². The highest BCUT2D eigenvalue weighted by molar-refractivity contribution is 6.21. The van der Waals surface area contributed by atoms with Crippen LogP contribution in [-0.2, 0) is 0 Å². The molecule has 1 heterocycles. The minimum absolute atomic E-state index is 0.177. The normalized spacial score (nSPS) is 15.3. The number of nitrogens with zero attached hydrogens (tertiary/aromatic N) is 2. The Morgan fingerprint density at radius 2 is 1.63 bits per heavy atom. The Labute approximate surface area is 112 Å². The number of fused-ring (bicyclic) bond motifs is 1. The van der Waals surface area contributed by atoms with Crippen LogP contribution >= 0.6 is 0 Å². The van der Waals surface area contributed by atoms with Crippen molar-refractivity contribution < 1.29 is 14.7 Å². The van der Waals surface area contributed by atoms with E-state index in [0.29, 0.717) is 17.7 Å². The second-order valence-corrected chi connectivity index (χ2v) is 5.55. The highest BCUT2D eigenvalue weighted by atomic mass is 16.3. The molecule has 102 valence electrons. The van der Waals surface area contributed by atoms with Gasteiger partial charge in [0.25, 0.3) is 11.8 Å². The molecule has 1 aliphatic heterocycles. The first-order valence-corrected chi connectivity index (χ1v) is 6.16. The van der Waals surface area contributed by atoms with Gasteiger partial charge in [0, 0.05) is 6.54 Å². The van der Waals surface area contributed by atoms with Crippen molar-refractivity contribution >= 4 is 11.8 Å². The average Bonchev–Trinajstić information content (AvgIpc) is 2.53. The van der Waals surface area contributed by atoms with Gasteiger partial charge in [-0.25, -0.2) is 0 Å². The van der Waals surface area contributed by atoms with E-state index in [1.807, 2.05) is 0 Å². The van der Waals surface area contributed by atoms with E-state index < -0.39 is 5.60 Å². The molecule has 5 heteroatoms. The zero-order valence-corrected chi connectivity index (χ0v) is 11.4. The smallest absolute Gasteiger partial charge is 0.262 e. The molecular formula is C14H18N2O3. The van der Waals surface area contributed by atoms with Gasteiger partial charge >= 0.3 is 0 Å². The first kappa shape index (κ1) is 13.7. The van der Waals surface area contributed by atoms with Gasteiger partial charge in [-0.05, 0) is 33.0 Å². The number of hydrogen-bond acceptors (Lipinski definition) is 4. The number of amides is 2. The van der Waals surface area contributed by atoms with Gasteiger partial charge in [-0.2, -0.15) is 0 Å². The number of aliphatic hydroxyl groups is 1. The maximum Gasteiger partial charge on any atom is 0.262 e. The third kappa shape index (κ3) is 2.83. The van der Waals surface area contributed by atoms with Gasteiger partial charge < -0.3 is 5.11 Å². The summed E-state index contributed by atoms with van der Waals surface area (Å²) >= 11 is 0. The van der Waals surface area contributed by atoms with Crippen molar-refractivity contribution in [3.8, 4) is 0 Å². The van der Waals surface area contributed by atoms with Gasteiger partial charge in [-0.15, -0.1) is 0 Å². The van der Waals surface area contributed by atoms with Crippen molar-refractivity contribution in [1.29, 1.82) is 0 Å². The lowest BCUT2D eigenvalue weighted by Crippen LogP contribution is -2.44. The molecule has 0 bridgehead atoms. The number of hydrogen-bond donors (Lipinski definition) is 1. The second kappa shape index (κ2) is 4.75. The summed E-state index contributed by atoms with van der Waals surface area (Å²) in [4.78, 5) is 27.2. The molecule has 0 unspecified atom stereocenters. The maximum atomic E-state index is 12.1. The molecule has 2 rings (SSSR count).